The van der Waals surface area contributed by atoms with Crippen LogP contribution in [0.15, 0.2) is 66.4 Å². The minimum absolute atomic E-state index is 0.104. The normalized spacial score (nSPS) is 12.6. The Bertz CT molecular complexity index is 993. The summed E-state index contributed by atoms with van der Waals surface area (Å²) in [7, 11) is 0. The quantitative estimate of drug-likeness (QED) is 0.550. The first-order valence-electron chi connectivity index (χ1n) is 8.69. The first kappa shape index (κ1) is 17.5. The Balaban J connectivity index is 1.89. The summed E-state index contributed by atoms with van der Waals surface area (Å²) in [5.41, 5.74) is 3.07. The second-order valence-corrected chi connectivity index (χ2v) is 6.16. The highest BCUT2D eigenvalue weighted by Gasteiger charge is 2.15. The van der Waals surface area contributed by atoms with Crippen LogP contribution < -0.4 is 5.32 Å². The number of benzene rings is 2. The number of nitriles is 1. The molecule has 3 aromatic rings. The number of hydrogen-bond acceptors (Lipinski definition) is 2. The molecule has 1 N–H and O–H groups in total. The van der Waals surface area contributed by atoms with Gasteiger partial charge in [0.1, 0.15) is 11.6 Å². The Kier molecular flexibility index (Phi) is 5.19. The van der Waals surface area contributed by atoms with Crippen LogP contribution in [-0.4, -0.2) is 10.5 Å². The van der Waals surface area contributed by atoms with Crippen molar-refractivity contribution in [1.82, 2.24) is 9.88 Å². The summed E-state index contributed by atoms with van der Waals surface area (Å²) < 4.78 is 2.11. The van der Waals surface area contributed by atoms with E-state index in [2.05, 4.69) is 16.8 Å². The molecule has 0 aliphatic rings. The highest BCUT2D eigenvalue weighted by Crippen LogP contribution is 2.23. The number of rotatable bonds is 5. The van der Waals surface area contributed by atoms with Gasteiger partial charge >= 0.3 is 0 Å². The third-order valence-electron chi connectivity index (χ3n) is 4.47. The van der Waals surface area contributed by atoms with E-state index in [4.69, 9.17) is 0 Å². The van der Waals surface area contributed by atoms with E-state index in [1.807, 2.05) is 73.8 Å². The summed E-state index contributed by atoms with van der Waals surface area (Å²) in [6.45, 7) is 4.80. The van der Waals surface area contributed by atoms with Crippen molar-refractivity contribution >= 4 is 22.9 Å². The fraction of sp³-hybridized carbons (Fsp3) is 0.182. The van der Waals surface area contributed by atoms with E-state index in [1.54, 1.807) is 6.08 Å². The van der Waals surface area contributed by atoms with E-state index in [-0.39, 0.29) is 17.5 Å². The van der Waals surface area contributed by atoms with Crippen molar-refractivity contribution in [2.24, 2.45) is 0 Å². The Morgan fingerprint density at radius 1 is 1.19 bits per heavy atom. The molecule has 1 heterocycles. The van der Waals surface area contributed by atoms with E-state index >= 15 is 0 Å². The molecule has 1 aromatic heterocycles. The predicted octanol–water partition coefficient (Wildman–Crippen LogP) is 4.45. The highest BCUT2D eigenvalue weighted by molar-refractivity contribution is 6.04. The van der Waals surface area contributed by atoms with Gasteiger partial charge in [0.25, 0.3) is 5.91 Å². The predicted molar refractivity (Wildman–Crippen MR) is 104 cm³/mol. The average Bonchev–Trinajstić information content (AvgIpc) is 3.04. The van der Waals surface area contributed by atoms with Gasteiger partial charge in [-0.25, -0.2) is 0 Å². The number of hydrogen-bond donors (Lipinski definition) is 1. The van der Waals surface area contributed by atoms with E-state index in [1.165, 1.54) is 0 Å². The third kappa shape index (κ3) is 3.52. The Hall–Kier alpha value is -3.32. The van der Waals surface area contributed by atoms with Crippen LogP contribution in [-0.2, 0) is 11.3 Å². The lowest BCUT2D eigenvalue weighted by atomic mass is 10.1. The molecule has 0 radical (unpaired) electrons. The zero-order chi connectivity index (χ0) is 18.5. The Morgan fingerprint density at radius 2 is 1.88 bits per heavy atom. The smallest absolute Gasteiger partial charge is 0.262 e. The van der Waals surface area contributed by atoms with Crippen molar-refractivity contribution in [3.8, 4) is 6.07 Å². The molecule has 1 atom stereocenters. The average molecular weight is 343 g/mol. The number of carbonyl (C=O) groups excluding carboxylic acids is 1. The second-order valence-electron chi connectivity index (χ2n) is 6.16. The number of para-hydroxylation sites is 1. The van der Waals surface area contributed by atoms with Crippen LogP contribution in [0.4, 0.5) is 0 Å². The maximum atomic E-state index is 12.6. The van der Waals surface area contributed by atoms with Gasteiger partial charge in [-0.2, -0.15) is 5.26 Å². The maximum absolute atomic E-state index is 12.6. The molecule has 4 nitrogen and oxygen atoms in total. The summed E-state index contributed by atoms with van der Waals surface area (Å²) in [5, 5.41) is 13.4. The number of aryl methyl sites for hydroxylation is 1. The summed E-state index contributed by atoms with van der Waals surface area (Å²) in [6, 6.07) is 19.6. The first-order chi connectivity index (χ1) is 12.6. The molecule has 0 saturated heterocycles. The van der Waals surface area contributed by atoms with Crippen molar-refractivity contribution in [3.05, 3.63) is 77.5 Å². The summed E-state index contributed by atoms with van der Waals surface area (Å²) in [6.07, 6.45) is 3.65. The number of amides is 1. The van der Waals surface area contributed by atoms with E-state index < -0.39 is 0 Å². The SMILES string of the molecule is CCn1cc(/C=C(/C#N)C(=O)N[C@@H](C)c2ccccc2)c2ccccc21. The van der Waals surface area contributed by atoms with Crippen molar-refractivity contribution < 1.29 is 4.79 Å². The molecule has 3 rings (SSSR count). The number of nitrogens with zero attached hydrogens (tertiary/aromatic N) is 2. The highest BCUT2D eigenvalue weighted by atomic mass is 16.1. The zero-order valence-electron chi connectivity index (χ0n) is 14.9. The molecule has 2 aromatic carbocycles. The number of nitrogens with one attached hydrogen (secondary N) is 1. The molecule has 0 spiro atoms. The molecule has 130 valence electrons. The van der Waals surface area contributed by atoms with Gasteiger partial charge in [0.2, 0.25) is 0 Å². The van der Waals surface area contributed by atoms with Gasteiger partial charge in [-0.3, -0.25) is 4.79 Å². The lowest BCUT2D eigenvalue weighted by Crippen LogP contribution is -2.27. The van der Waals surface area contributed by atoms with Crippen LogP contribution in [0.25, 0.3) is 17.0 Å². The van der Waals surface area contributed by atoms with Crippen LogP contribution in [0.2, 0.25) is 0 Å². The van der Waals surface area contributed by atoms with Crippen molar-refractivity contribution in [2.75, 3.05) is 0 Å². The molecule has 0 unspecified atom stereocenters. The minimum Gasteiger partial charge on any atom is -0.347 e. The van der Waals surface area contributed by atoms with Crippen LogP contribution in [0, 0.1) is 11.3 Å². The summed E-state index contributed by atoms with van der Waals surface area (Å²) in [4.78, 5) is 12.6. The molecule has 0 fully saturated rings. The van der Waals surface area contributed by atoms with Crippen LogP contribution >= 0.6 is 0 Å². The number of fused-ring (bicyclic) bond motifs is 1. The number of carbonyl (C=O) groups is 1. The molecule has 26 heavy (non-hydrogen) atoms. The number of aromatic nitrogens is 1. The first-order valence-corrected chi connectivity index (χ1v) is 8.69. The zero-order valence-corrected chi connectivity index (χ0v) is 14.9. The topological polar surface area (TPSA) is 57.8 Å². The monoisotopic (exact) mass is 343 g/mol. The second kappa shape index (κ2) is 7.71. The van der Waals surface area contributed by atoms with Crippen LogP contribution in [0.5, 0.6) is 0 Å². The summed E-state index contributed by atoms with van der Waals surface area (Å²) in [5.74, 6) is -0.364. The molecular weight excluding hydrogens is 322 g/mol. The maximum Gasteiger partial charge on any atom is 0.262 e. The van der Waals surface area contributed by atoms with Crippen molar-refractivity contribution in [1.29, 1.82) is 5.26 Å². The minimum atomic E-state index is -0.364. The molecule has 0 aliphatic heterocycles. The molecule has 0 aliphatic carbocycles. The standard InChI is InChI=1S/C22H21N3O/c1-3-25-15-19(20-11-7-8-12-21(20)25)13-18(14-23)22(26)24-16(2)17-9-5-4-6-10-17/h4-13,15-16H,3H2,1-2H3,(H,24,26)/b18-13-/t16-/m0/s1. The van der Waals surface area contributed by atoms with Gasteiger partial charge in [0, 0.05) is 29.2 Å². The van der Waals surface area contributed by atoms with E-state index in [0.29, 0.717) is 0 Å². The van der Waals surface area contributed by atoms with Gasteiger partial charge in [-0.15, -0.1) is 0 Å². The van der Waals surface area contributed by atoms with Gasteiger partial charge in [-0.1, -0.05) is 48.5 Å². The lowest BCUT2D eigenvalue weighted by molar-refractivity contribution is -0.117. The van der Waals surface area contributed by atoms with Gasteiger partial charge in [0.05, 0.1) is 6.04 Å². The van der Waals surface area contributed by atoms with Crippen molar-refractivity contribution in [2.45, 2.75) is 26.4 Å². The van der Waals surface area contributed by atoms with Crippen molar-refractivity contribution in [3.63, 3.8) is 0 Å². The van der Waals surface area contributed by atoms with E-state index in [0.717, 1.165) is 28.6 Å². The van der Waals surface area contributed by atoms with Crippen LogP contribution in [0.1, 0.15) is 31.0 Å². The summed E-state index contributed by atoms with van der Waals surface area (Å²) >= 11 is 0. The molecule has 0 saturated carbocycles. The lowest BCUT2D eigenvalue weighted by Gasteiger charge is -2.13. The molecule has 1 amide bonds. The molecule has 0 bridgehead atoms. The van der Waals surface area contributed by atoms with E-state index in [9.17, 15) is 10.1 Å². The van der Waals surface area contributed by atoms with Gasteiger partial charge in [0.15, 0.2) is 0 Å². The fourth-order valence-corrected chi connectivity index (χ4v) is 3.06. The van der Waals surface area contributed by atoms with Gasteiger partial charge < -0.3 is 9.88 Å². The Labute approximate surface area is 153 Å². The molecular formula is C22H21N3O. The fourth-order valence-electron chi connectivity index (χ4n) is 3.06. The Morgan fingerprint density at radius 3 is 2.58 bits per heavy atom. The molecule has 4 heteroatoms. The largest absolute Gasteiger partial charge is 0.347 e. The van der Waals surface area contributed by atoms with Gasteiger partial charge in [-0.05, 0) is 31.6 Å². The third-order valence-corrected chi connectivity index (χ3v) is 4.47. The van der Waals surface area contributed by atoms with Crippen LogP contribution in [0.3, 0.4) is 0 Å².